The third kappa shape index (κ3) is 10.4. The predicted molar refractivity (Wildman–Crippen MR) is 153 cm³/mol. The molecule has 1 heterocycles. The van der Waals surface area contributed by atoms with Crippen molar-refractivity contribution in [1.29, 1.82) is 0 Å². The van der Waals surface area contributed by atoms with Crippen LogP contribution < -0.4 is 0 Å². The van der Waals surface area contributed by atoms with Crippen LogP contribution in [0.15, 0.2) is 83.8 Å². The van der Waals surface area contributed by atoms with E-state index in [4.69, 9.17) is 49.4 Å². The maximum absolute atomic E-state index is 12.9. The average Bonchev–Trinajstić information content (AvgIpc) is 2.88. The Morgan fingerprint density at radius 2 is 1.55 bits per heavy atom. The Morgan fingerprint density at radius 3 is 2.08 bits per heavy atom. The van der Waals surface area contributed by atoms with Crippen molar-refractivity contribution < 1.29 is 23.6 Å². The standard InChI is InChI=1S/C20H21Cl2NO3S.C6H5Cl.C2H4O2/c1-2-16(13-27(25)19-6-4-3-5-17(19)22)23-18(11-26-12-20(23)24)14-7-9-15(21)10-8-14;7-6-4-2-1-3-5-6;1-2(3)4/h3-10,16,18H,2,11-13H2,1H3;1-5H;1H3,(H,3,4)/t16-,18-,27?;;/m0../s1. The largest absolute Gasteiger partial charge is 0.481 e. The van der Waals surface area contributed by atoms with Gasteiger partial charge in [-0.25, -0.2) is 0 Å². The number of ether oxygens (including phenoxy) is 1. The summed E-state index contributed by atoms with van der Waals surface area (Å²) in [5.74, 6) is -0.597. The summed E-state index contributed by atoms with van der Waals surface area (Å²) in [6.45, 7) is 3.53. The number of nitrogens with zero attached hydrogens (tertiary/aromatic N) is 1. The topological polar surface area (TPSA) is 83.9 Å². The van der Waals surface area contributed by atoms with Crippen molar-refractivity contribution in [2.24, 2.45) is 0 Å². The highest BCUT2D eigenvalue weighted by molar-refractivity contribution is 7.85. The van der Waals surface area contributed by atoms with Crippen LogP contribution >= 0.6 is 34.8 Å². The molecule has 1 fully saturated rings. The van der Waals surface area contributed by atoms with Gasteiger partial charge in [0.2, 0.25) is 5.91 Å². The molecule has 3 atom stereocenters. The first kappa shape index (κ1) is 31.8. The molecule has 1 saturated heterocycles. The van der Waals surface area contributed by atoms with Crippen LogP contribution in [0.3, 0.4) is 0 Å². The van der Waals surface area contributed by atoms with Crippen molar-refractivity contribution in [3.8, 4) is 0 Å². The van der Waals surface area contributed by atoms with E-state index < -0.39 is 16.8 Å². The summed E-state index contributed by atoms with van der Waals surface area (Å²) in [4.78, 5) is 24.1. The Bertz CT molecular complexity index is 1190. The molecule has 1 aliphatic rings. The van der Waals surface area contributed by atoms with Crippen molar-refractivity contribution >= 4 is 57.5 Å². The summed E-state index contributed by atoms with van der Waals surface area (Å²) in [5.41, 5.74) is 0.953. The molecule has 3 aromatic carbocycles. The first-order valence-corrected chi connectivity index (χ1v) is 14.3. The van der Waals surface area contributed by atoms with Crippen LogP contribution in [0, 0.1) is 0 Å². The summed E-state index contributed by atoms with van der Waals surface area (Å²) in [6.07, 6.45) is 0.687. The number of carboxylic acids is 1. The van der Waals surface area contributed by atoms with Crippen molar-refractivity contribution in [2.75, 3.05) is 19.0 Å². The number of morpholine rings is 1. The number of hydrogen-bond acceptors (Lipinski definition) is 4. The van der Waals surface area contributed by atoms with Crippen molar-refractivity contribution in [1.82, 2.24) is 4.90 Å². The third-order valence-corrected chi connectivity index (χ3v) is 7.88. The number of carbonyl (C=O) groups is 2. The van der Waals surface area contributed by atoms with Crippen LogP contribution in [0.25, 0.3) is 0 Å². The van der Waals surface area contributed by atoms with Crippen LogP contribution in [0.4, 0.5) is 0 Å². The molecule has 204 valence electrons. The number of hydrogen-bond donors (Lipinski definition) is 1. The second-order valence-corrected chi connectivity index (χ2v) is 10.9. The number of carbonyl (C=O) groups excluding carboxylic acids is 1. The first-order valence-electron chi connectivity index (χ1n) is 11.8. The van der Waals surface area contributed by atoms with E-state index >= 15 is 0 Å². The monoisotopic (exact) mass is 597 g/mol. The molecule has 1 aliphatic heterocycles. The molecule has 0 radical (unpaired) electrons. The van der Waals surface area contributed by atoms with Crippen LogP contribution in [-0.4, -0.2) is 51.1 Å². The molecular formula is C28H30Cl3NO5S. The number of aliphatic carboxylic acids is 1. The lowest BCUT2D eigenvalue weighted by Gasteiger charge is -2.41. The van der Waals surface area contributed by atoms with Crippen molar-refractivity contribution in [2.45, 2.75) is 37.2 Å². The van der Waals surface area contributed by atoms with Crippen LogP contribution in [0.5, 0.6) is 0 Å². The minimum atomic E-state index is -1.30. The predicted octanol–water partition coefficient (Wildman–Crippen LogP) is 6.91. The highest BCUT2D eigenvalue weighted by Crippen LogP contribution is 2.30. The van der Waals surface area contributed by atoms with E-state index in [0.717, 1.165) is 17.5 Å². The minimum Gasteiger partial charge on any atom is -0.481 e. The number of rotatable bonds is 6. The zero-order valence-electron chi connectivity index (χ0n) is 21.1. The van der Waals surface area contributed by atoms with E-state index in [9.17, 15) is 9.00 Å². The molecule has 3 aromatic rings. The van der Waals surface area contributed by atoms with Crippen molar-refractivity contribution in [3.63, 3.8) is 0 Å². The first-order chi connectivity index (χ1) is 18.1. The van der Waals surface area contributed by atoms with Crippen LogP contribution in [-0.2, 0) is 25.1 Å². The van der Waals surface area contributed by atoms with E-state index in [1.165, 1.54) is 0 Å². The maximum Gasteiger partial charge on any atom is 0.300 e. The quantitative estimate of drug-likeness (QED) is 0.333. The molecule has 0 spiro atoms. The van der Waals surface area contributed by atoms with Gasteiger partial charge in [-0.2, -0.15) is 0 Å². The third-order valence-electron chi connectivity index (χ3n) is 5.40. The lowest BCUT2D eigenvalue weighted by Crippen LogP contribution is -2.51. The van der Waals surface area contributed by atoms with Crippen LogP contribution in [0.2, 0.25) is 15.1 Å². The van der Waals surface area contributed by atoms with Crippen molar-refractivity contribution in [3.05, 3.63) is 99.5 Å². The lowest BCUT2D eigenvalue weighted by atomic mass is 10.0. The zero-order valence-corrected chi connectivity index (χ0v) is 24.1. The molecular weight excluding hydrogens is 569 g/mol. The van der Waals surface area contributed by atoms with Gasteiger partial charge in [0.15, 0.2) is 0 Å². The van der Waals surface area contributed by atoms with E-state index in [1.54, 1.807) is 24.3 Å². The number of amides is 1. The summed E-state index contributed by atoms with van der Waals surface area (Å²) < 4.78 is 18.4. The van der Waals surface area contributed by atoms with E-state index in [0.29, 0.717) is 33.7 Å². The molecule has 1 unspecified atom stereocenters. The molecule has 38 heavy (non-hydrogen) atoms. The lowest BCUT2D eigenvalue weighted by molar-refractivity contribution is -0.151. The maximum atomic E-state index is 12.9. The smallest absolute Gasteiger partial charge is 0.300 e. The Kier molecular flexibility index (Phi) is 13.8. The molecule has 4 rings (SSSR count). The van der Waals surface area contributed by atoms with Gasteiger partial charge in [-0.15, -0.1) is 0 Å². The summed E-state index contributed by atoms with van der Waals surface area (Å²) in [7, 11) is -1.30. The van der Waals surface area contributed by atoms with Crippen LogP contribution in [0.1, 0.15) is 31.9 Å². The number of carboxylic acid groups (broad SMARTS) is 1. The summed E-state index contributed by atoms with van der Waals surface area (Å²) >= 11 is 17.7. The molecule has 0 bridgehead atoms. The molecule has 1 N–H and O–H groups in total. The molecule has 0 aromatic heterocycles. The average molecular weight is 599 g/mol. The van der Waals surface area contributed by atoms with Gasteiger partial charge in [-0.3, -0.25) is 13.8 Å². The fraction of sp³-hybridized carbons (Fsp3) is 0.286. The van der Waals surface area contributed by atoms with Gasteiger partial charge in [0.25, 0.3) is 5.97 Å². The van der Waals surface area contributed by atoms with E-state index in [1.807, 2.05) is 66.4 Å². The van der Waals surface area contributed by atoms with Gasteiger partial charge in [0, 0.05) is 28.8 Å². The Morgan fingerprint density at radius 1 is 1.00 bits per heavy atom. The normalized spacial score (nSPS) is 16.3. The fourth-order valence-electron chi connectivity index (χ4n) is 3.69. The summed E-state index contributed by atoms with van der Waals surface area (Å²) in [5, 5.41) is 9.33. The van der Waals surface area contributed by atoms with E-state index in [2.05, 4.69) is 0 Å². The van der Waals surface area contributed by atoms with Gasteiger partial charge < -0.3 is 14.7 Å². The number of halogens is 3. The van der Waals surface area contributed by atoms with Gasteiger partial charge in [-0.05, 0) is 48.4 Å². The Labute approximate surface area is 240 Å². The molecule has 1 amide bonds. The molecule has 6 nitrogen and oxygen atoms in total. The fourth-order valence-corrected chi connectivity index (χ4v) is 5.80. The molecule has 0 saturated carbocycles. The Balaban J connectivity index is 0.000000384. The van der Waals surface area contributed by atoms with Gasteiger partial charge in [0.05, 0.1) is 33.4 Å². The highest BCUT2D eigenvalue weighted by Gasteiger charge is 2.35. The van der Waals surface area contributed by atoms with Gasteiger partial charge in [0.1, 0.15) is 6.61 Å². The summed E-state index contributed by atoms with van der Waals surface area (Å²) in [6, 6.07) is 23.6. The van der Waals surface area contributed by atoms with Gasteiger partial charge >= 0.3 is 0 Å². The zero-order chi connectivity index (χ0) is 28.1. The molecule has 10 heteroatoms. The second-order valence-electron chi connectivity index (χ2n) is 8.20. The second kappa shape index (κ2) is 16.5. The minimum absolute atomic E-state index is 0.0410. The highest BCUT2D eigenvalue weighted by atomic mass is 35.5. The number of benzene rings is 3. The SMILES string of the molecule is CC(=O)O.CC[C@@H](CS(=O)c1ccccc1Cl)N1C(=O)COC[C@H]1c1ccc(Cl)cc1.Clc1ccccc1. The van der Waals surface area contributed by atoms with Gasteiger partial charge in [-0.1, -0.05) is 84.2 Å². The Hall–Kier alpha value is -2.42. The van der Waals surface area contributed by atoms with E-state index in [-0.39, 0.29) is 24.6 Å². The molecule has 0 aliphatic carbocycles.